The maximum Gasteiger partial charge on any atom is 0.204 e. The normalized spacial score (nSPS) is 21.1. The van der Waals surface area contributed by atoms with Crippen LogP contribution in [-0.2, 0) is 6.61 Å². The SMILES string of the molecule is Cc1cc2c(cc1C)C(=O)C1(O)CCN(c3ccc4oc(CO)cc4c3)C1=N2. The van der Waals surface area contributed by atoms with Gasteiger partial charge < -0.3 is 19.5 Å². The summed E-state index contributed by atoms with van der Waals surface area (Å²) in [4.78, 5) is 19.7. The van der Waals surface area contributed by atoms with Gasteiger partial charge in [-0.25, -0.2) is 4.99 Å². The first-order valence-electron chi connectivity index (χ1n) is 9.29. The summed E-state index contributed by atoms with van der Waals surface area (Å²) in [6.45, 7) is 4.26. The molecule has 5 rings (SSSR count). The lowest BCUT2D eigenvalue weighted by atomic mass is 9.86. The van der Waals surface area contributed by atoms with Crippen molar-refractivity contribution in [1.29, 1.82) is 0 Å². The summed E-state index contributed by atoms with van der Waals surface area (Å²) < 4.78 is 5.55. The Morgan fingerprint density at radius 2 is 1.96 bits per heavy atom. The Balaban J connectivity index is 1.64. The first-order valence-corrected chi connectivity index (χ1v) is 9.29. The lowest BCUT2D eigenvalue weighted by molar-refractivity contribution is 0.0602. The zero-order valence-electron chi connectivity index (χ0n) is 15.7. The predicted molar refractivity (Wildman–Crippen MR) is 106 cm³/mol. The molecule has 0 amide bonds. The highest BCUT2D eigenvalue weighted by Crippen LogP contribution is 2.41. The Bertz CT molecular complexity index is 1180. The van der Waals surface area contributed by atoms with E-state index in [1.807, 2.05) is 49.1 Å². The van der Waals surface area contributed by atoms with E-state index in [0.29, 0.717) is 41.4 Å². The number of nitrogens with zero attached hydrogens (tertiary/aromatic N) is 2. The van der Waals surface area contributed by atoms with Crippen molar-refractivity contribution in [3.8, 4) is 0 Å². The van der Waals surface area contributed by atoms with Crippen molar-refractivity contribution in [2.75, 3.05) is 11.4 Å². The molecule has 0 saturated carbocycles. The van der Waals surface area contributed by atoms with E-state index in [9.17, 15) is 15.0 Å². The molecule has 6 nitrogen and oxygen atoms in total. The Hall–Kier alpha value is -2.96. The van der Waals surface area contributed by atoms with Crippen LogP contribution in [0, 0.1) is 13.8 Å². The minimum absolute atomic E-state index is 0.162. The number of Topliss-reactive ketones (excluding diaryl/α,β-unsaturated/α-hetero) is 1. The number of ketones is 1. The van der Waals surface area contributed by atoms with Gasteiger partial charge in [-0.15, -0.1) is 0 Å². The van der Waals surface area contributed by atoms with Gasteiger partial charge >= 0.3 is 0 Å². The quantitative estimate of drug-likeness (QED) is 0.716. The van der Waals surface area contributed by atoms with Gasteiger partial charge in [-0.2, -0.15) is 0 Å². The van der Waals surface area contributed by atoms with E-state index in [0.717, 1.165) is 22.2 Å². The molecule has 2 N–H and O–H groups in total. The number of hydrogen-bond acceptors (Lipinski definition) is 6. The standard InChI is InChI=1S/C22H20N2O4/c1-12-7-17-18(8-13(12)2)23-21-22(27,20(17)26)5-6-24(21)15-3-4-19-14(9-15)10-16(11-25)28-19/h3-4,7-10,25,27H,5-6,11H2,1-2H3. The van der Waals surface area contributed by atoms with E-state index in [-0.39, 0.29) is 12.4 Å². The molecule has 3 heterocycles. The average molecular weight is 376 g/mol. The summed E-state index contributed by atoms with van der Waals surface area (Å²) in [6, 6.07) is 11.1. The molecule has 0 radical (unpaired) electrons. The Labute approximate surface area is 161 Å². The van der Waals surface area contributed by atoms with Crippen molar-refractivity contribution in [2.24, 2.45) is 4.99 Å². The van der Waals surface area contributed by atoms with Crippen LogP contribution in [0.4, 0.5) is 11.4 Å². The lowest BCUT2D eigenvalue weighted by Gasteiger charge is -2.30. The third-order valence-electron chi connectivity index (χ3n) is 5.80. The second-order valence-electron chi connectivity index (χ2n) is 7.57. The third-order valence-corrected chi connectivity index (χ3v) is 5.80. The molecular formula is C22H20N2O4. The van der Waals surface area contributed by atoms with E-state index in [1.54, 1.807) is 6.07 Å². The number of benzene rings is 2. The highest BCUT2D eigenvalue weighted by atomic mass is 16.4. The maximum absolute atomic E-state index is 13.1. The molecule has 2 aliphatic rings. The van der Waals surface area contributed by atoms with Gasteiger partial charge in [0.25, 0.3) is 0 Å². The number of anilines is 1. The molecule has 1 unspecified atom stereocenters. The van der Waals surface area contributed by atoms with Crippen LogP contribution in [0.3, 0.4) is 0 Å². The largest absolute Gasteiger partial charge is 0.459 e. The summed E-state index contributed by atoms with van der Waals surface area (Å²) in [5.41, 5.74) is 3.06. The van der Waals surface area contributed by atoms with E-state index >= 15 is 0 Å². The number of aryl methyl sites for hydroxylation is 2. The second kappa shape index (κ2) is 5.77. The second-order valence-corrected chi connectivity index (χ2v) is 7.57. The van der Waals surface area contributed by atoms with Crippen LogP contribution in [0.1, 0.15) is 33.7 Å². The zero-order chi connectivity index (χ0) is 19.6. The van der Waals surface area contributed by atoms with Gasteiger partial charge in [0.2, 0.25) is 5.78 Å². The summed E-state index contributed by atoms with van der Waals surface area (Å²) in [5, 5.41) is 21.3. The summed E-state index contributed by atoms with van der Waals surface area (Å²) in [6.07, 6.45) is 0.294. The van der Waals surface area contributed by atoms with Crippen molar-refractivity contribution in [3.63, 3.8) is 0 Å². The number of carbonyl (C=O) groups is 1. The number of aliphatic imine (C=N–C) groups is 1. The monoisotopic (exact) mass is 376 g/mol. The maximum atomic E-state index is 13.1. The lowest BCUT2D eigenvalue weighted by Crippen LogP contribution is -2.48. The van der Waals surface area contributed by atoms with Crippen molar-refractivity contribution < 1.29 is 19.4 Å². The van der Waals surface area contributed by atoms with Gasteiger partial charge in [0.05, 0.1) is 5.69 Å². The highest BCUT2D eigenvalue weighted by Gasteiger charge is 2.52. The molecule has 0 aliphatic carbocycles. The smallest absolute Gasteiger partial charge is 0.204 e. The van der Waals surface area contributed by atoms with Crippen LogP contribution in [0.2, 0.25) is 0 Å². The average Bonchev–Trinajstić information content (AvgIpc) is 3.25. The number of aliphatic hydroxyl groups excluding tert-OH is 1. The van der Waals surface area contributed by atoms with Gasteiger partial charge in [-0.3, -0.25) is 4.79 Å². The van der Waals surface area contributed by atoms with Gasteiger partial charge in [-0.1, -0.05) is 0 Å². The molecular weight excluding hydrogens is 356 g/mol. The highest BCUT2D eigenvalue weighted by molar-refractivity contribution is 6.28. The van der Waals surface area contributed by atoms with Crippen LogP contribution in [-0.4, -0.2) is 34.0 Å². The number of rotatable bonds is 2. The summed E-state index contributed by atoms with van der Waals surface area (Å²) >= 11 is 0. The molecule has 28 heavy (non-hydrogen) atoms. The number of amidine groups is 1. The van der Waals surface area contributed by atoms with Crippen LogP contribution in [0.5, 0.6) is 0 Å². The van der Waals surface area contributed by atoms with Gasteiger partial charge in [0, 0.05) is 29.6 Å². The van der Waals surface area contributed by atoms with E-state index in [4.69, 9.17) is 9.41 Å². The van der Waals surface area contributed by atoms with Crippen molar-refractivity contribution in [2.45, 2.75) is 32.5 Å². The number of aliphatic hydroxyl groups is 2. The molecule has 1 saturated heterocycles. The number of hydrogen-bond donors (Lipinski definition) is 2. The van der Waals surface area contributed by atoms with Crippen LogP contribution >= 0.6 is 0 Å². The minimum Gasteiger partial charge on any atom is -0.459 e. The molecule has 1 aromatic heterocycles. The van der Waals surface area contributed by atoms with E-state index in [1.165, 1.54) is 0 Å². The molecule has 6 heteroatoms. The fourth-order valence-electron chi connectivity index (χ4n) is 4.08. The summed E-state index contributed by atoms with van der Waals surface area (Å²) in [7, 11) is 0. The van der Waals surface area contributed by atoms with Crippen molar-refractivity contribution in [3.05, 3.63) is 58.8 Å². The van der Waals surface area contributed by atoms with E-state index < -0.39 is 5.60 Å². The van der Waals surface area contributed by atoms with Crippen LogP contribution in [0.15, 0.2) is 45.8 Å². The molecule has 1 atom stereocenters. The van der Waals surface area contributed by atoms with Gasteiger partial charge in [-0.05, 0) is 61.4 Å². The topological polar surface area (TPSA) is 86.3 Å². The Kier molecular flexibility index (Phi) is 3.53. The first-order chi connectivity index (χ1) is 13.4. The van der Waals surface area contributed by atoms with Crippen LogP contribution in [0.25, 0.3) is 11.0 Å². The molecule has 0 bridgehead atoms. The fraction of sp³-hybridized carbons (Fsp3) is 0.273. The van der Waals surface area contributed by atoms with Crippen molar-refractivity contribution >= 4 is 34.0 Å². The van der Waals surface area contributed by atoms with E-state index in [2.05, 4.69) is 0 Å². The van der Waals surface area contributed by atoms with Crippen molar-refractivity contribution in [1.82, 2.24) is 0 Å². The van der Waals surface area contributed by atoms with Gasteiger partial charge in [0.1, 0.15) is 23.8 Å². The predicted octanol–water partition coefficient (Wildman–Crippen LogP) is 3.41. The third kappa shape index (κ3) is 2.28. The molecule has 2 aromatic carbocycles. The molecule has 3 aromatic rings. The molecule has 2 aliphatic heterocycles. The Morgan fingerprint density at radius 3 is 2.75 bits per heavy atom. The fourth-order valence-corrected chi connectivity index (χ4v) is 4.08. The molecule has 142 valence electrons. The minimum atomic E-state index is -1.60. The zero-order valence-corrected chi connectivity index (χ0v) is 15.7. The first kappa shape index (κ1) is 17.2. The number of carbonyl (C=O) groups excluding carboxylic acids is 1. The molecule has 0 spiro atoms. The van der Waals surface area contributed by atoms with Gasteiger partial charge in [0.15, 0.2) is 5.60 Å². The number of fused-ring (bicyclic) bond motifs is 3. The molecule has 1 fully saturated rings. The Morgan fingerprint density at radius 1 is 1.18 bits per heavy atom. The summed E-state index contributed by atoms with van der Waals surface area (Å²) in [5.74, 6) is 0.582. The number of furan rings is 1. The van der Waals surface area contributed by atoms with Crippen LogP contribution < -0.4 is 4.90 Å².